The number of carbonyl (C=O) groups is 2. The highest BCUT2D eigenvalue weighted by molar-refractivity contribution is 5.93. The van der Waals surface area contributed by atoms with E-state index in [1.807, 2.05) is 27.7 Å². The summed E-state index contributed by atoms with van der Waals surface area (Å²) in [7, 11) is 0. The predicted octanol–water partition coefficient (Wildman–Crippen LogP) is 1.54. The molecule has 2 rings (SSSR count). The molecule has 96 valence electrons. The molecular weight excluding hydrogens is 224 g/mol. The van der Waals surface area contributed by atoms with Crippen molar-refractivity contribution in [1.29, 1.82) is 0 Å². The van der Waals surface area contributed by atoms with Crippen molar-refractivity contribution >= 4 is 11.9 Å². The highest BCUT2D eigenvalue weighted by Gasteiger charge is 2.55. The summed E-state index contributed by atoms with van der Waals surface area (Å²) in [5.41, 5.74) is -1.00. The van der Waals surface area contributed by atoms with Crippen LogP contribution >= 0.6 is 0 Å². The van der Waals surface area contributed by atoms with Crippen LogP contribution < -0.4 is 0 Å². The zero-order valence-electron chi connectivity index (χ0n) is 10.7. The third-order valence-electron chi connectivity index (χ3n) is 2.83. The molecule has 5 nitrogen and oxygen atoms in total. The Labute approximate surface area is 100 Å². The minimum absolute atomic E-state index is 0.302. The van der Waals surface area contributed by atoms with Gasteiger partial charge in [0.2, 0.25) is 0 Å². The standard InChI is InChI=1S/C12H18O5/c1-10(2)6-12(7-11(3,4)17-10)15-8(13)5-9(14)16-12/h5-7H2,1-4H3. The van der Waals surface area contributed by atoms with Gasteiger partial charge in [0.1, 0.15) is 6.42 Å². The third kappa shape index (κ3) is 2.60. The van der Waals surface area contributed by atoms with Gasteiger partial charge in [0.25, 0.3) is 5.79 Å². The van der Waals surface area contributed by atoms with Gasteiger partial charge in [-0.05, 0) is 27.7 Å². The van der Waals surface area contributed by atoms with Crippen LogP contribution in [0, 0.1) is 0 Å². The predicted molar refractivity (Wildman–Crippen MR) is 58.0 cm³/mol. The van der Waals surface area contributed by atoms with Crippen LogP contribution in [0.3, 0.4) is 0 Å². The van der Waals surface area contributed by atoms with E-state index in [-0.39, 0.29) is 6.42 Å². The Hall–Kier alpha value is -1.10. The molecule has 0 amide bonds. The molecule has 2 aliphatic rings. The fourth-order valence-corrected chi connectivity index (χ4v) is 2.95. The summed E-state index contributed by atoms with van der Waals surface area (Å²) >= 11 is 0. The molecule has 2 saturated heterocycles. The lowest BCUT2D eigenvalue weighted by atomic mass is 9.83. The maximum atomic E-state index is 11.4. The number of carbonyl (C=O) groups excluding carboxylic acids is 2. The van der Waals surface area contributed by atoms with Crippen molar-refractivity contribution in [2.45, 2.75) is 63.9 Å². The molecule has 0 N–H and O–H groups in total. The van der Waals surface area contributed by atoms with Gasteiger partial charge in [-0.1, -0.05) is 0 Å². The fraction of sp³-hybridized carbons (Fsp3) is 0.833. The third-order valence-corrected chi connectivity index (χ3v) is 2.83. The molecule has 2 fully saturated rings. The first-order chi connectivity index (χ1) is 7.62. The van der Waals surface area contributed by atoms with Crippen LogP contribution in [0.1, 0.15) is 47.0 Å². The summed E-state index contributed by atoms with van der Waals surface area (Å²) in [6.07, 6.45) is 0.422. The molecule has 1 spiro atoms. The molecule has 0 saturated carbocycles. The first-order valence-electron chi connectivity index (χ1n) is 5.75. The average molecular weight is 242 g/mol. The summed E-state index contributed by atoms with van der Waals surface area (Å²) < 4.78 is 16.5. The van der Waals surface area contributed by atoms with E-state index in [4.69, 9.17) is 14.2 Å². The number of hydrogen-bond donors (Lipinski definition) is 0. The van der Waals surface area contributed by atoms with Gasteiger partial charge in [0.15, 0.2) is 0 Å². The summed E-state index contributed by atoms with van der Waals surface area (Å²) in [6, 6.07) is 0. The first-order valence-corrected chi connectivity index (χ1v) is 5.75. The van der Waals surface area contributed by atoms with Gasteiger partial charge < -0.3 is 14.2 Å². The minimum atomic E-state index is -1.16. The van der Waals surface area contributed by atoms with E-state index in [9.17, 15) is 9.59 Å². The van der Waals surface area contributed by atoms with Gasteiger partial charge >= 0.3 is 11.9 Å². The van der Waals surface area contributed by atoms with E-state index in [0.29, 0.717) is 12.8 Å². The van der Waals surface area contributed by atoms with Crippen molar-refractivity contribution in [3.05, 3.63) is 0 Å². The molecule has 0 aliphatic carbocycles. The highest BCUT2D eigenvalue weighted by Crippen LogP contribution is 2.45. The summed E-state index contributed by atoms with van der Waals surface area (Å²) in [6.45, 7) is 7.58. The van der Waals surface area contributed by atoms with Gasteiger partial charge in [0, 0.05) is 0 Å². The Balaban J connectivity index is 2.29. The lowest BCUT2D eigenvalue weighted by molar-refractivity contribution is -0.310. The van der Waals surface area contributed by atoms with Gasteiger partial charge in [0.05, 0.1) is 24.0 Å². The first kappa shape index (κ1) is 12.4. The van der Waals surface area contributed by atoms with Crippen LogP contribution in [0.15, 0.2) is 0 Å². The smallest absolute Gasteiger partial charge is 0.320 e. The Morgan fingerprint density at radius 1 is 0.882 bits per heavy atom. The Morgan fingerprint density at radius 2 is 1.29 bits per heavy atom. The fourth-order valence-electron chi connectivity index (χ4n) is 2.95. The molecule has 0 atom stereocenters. The molecule has 2 heterocycles. The van der Waals surface area contributed by atoms with E-state index in [1.165, 1.54) is 0 Å². The van der Waals surface area contributed by atoms with Crippen LogP contribution in [0.4, 0.5) is 0 Å². The topological polar surface area (TPSA) is 61.8 Å². The maximum Gasteiger partial charge on any atom is 0.320 e. The van der Waals surface area contributed by atoms with E-state index in [0.717, 1.165) is 0 Å². The molecule has 5 heteroatoms. The number of ether oxygens (including phenoxy) is 3. The largest absolute Gasteiger partial charge is 0.422 e. The molecule has 0 unspecified atom stereocenters. The molecular formula is C12H18O5. The zero-order chi connectivity index (χ0) is 12.9. The van der Waals surface area contributed by atoms with Crippen molar-refractivity contribution < 1.29 is 23.8 Å². The maximum absolute atomic E-state index is 11.4. The van der Waals surface area contributed by atoms with Crippen LogP contribution in [0.5, 0.6) is 0 Å². The van der Waals surface area contributed by atoms with Crippen LogP contribution in [0.25, 0.3) is 0 Å². The number of esters is 2. The SMILES string of the molecule is CC1(C)CC2(CC(C)(C)O1)OC(=O)CC(=O)O2. The van der Waals surface area contributed by atoms with Gasteiger partial charge in [-0.25, -0.2) is 0 Å². The lowest BCUT2D eigenvalue weighted by Crippen LogP contribution is -2.59. The lowest BCUT2D eigenvalue weighted by Gasteiger charge is -2.50. The quantitative estimate of drug-likeness (QED) is 0.476. The molecule has 17 heavy (non-hydrogen) atoms. The molecule has 0 aromatic rings. The van der Waals surface area contributed by atoms with Gasteiger partial charge in [-0.15, -0.1) is 0 Å². The monoisotopic (exact) mass is 242 g/mol. The van der Waals surface area contributed by atoms with Crippen molar-refractivity contribution in [3.8, 4) is 0 Å². The summed E-state index contributed by atoms with van der Waals surface area (Å²) in [4.78, 5) is 22.8. The minimum Gasteiger partial charge on any atom is -0.422 e. The Bertz CT molecular complexity index is 335. The average Bonchev–Trinajstić information content (AvgIpc) is 1.90. The second-order valence-electron chi connectivity index (χ2n) is 6.01. The van der Waals surface area contributed by atoms with E-state index in [2.05, 4.69) is 0 Å². The number of hydrogen-bond acceptors (Lipinski definition) is 5. The van der Waals surface area contributed by atoms with Gasteiger partial charge in [-0.2, -0.15) is 0 Å². The summed E-state index contributed by atoms with van der Waals surface area (Å²) in [5, 5.41) is 0. The Kier molecular flexibility index (Phi) is 2.51. The van der Waals surface area contributed by atoms with E-state index < -0.39 is 28.9 Å². The van der Waals surface area contributed by atoms with Gasteiger partial charge in [-0.3, -0.25) is 9.59 Å². The van der Waals surface area contributed by atoms with Crippen molar-refractivity contribution in [1.82, 2.24) is 0 Å². The molecule has 2 aliphatic heterocycles. The molecule has 0 bridgehead atoms. The second-order valence-corrected chi connectivity index (χ2v) is 6.01. The van der Waals surface area contributed by atoms with Crippen LogP contribution in [-0.4, -0.2) is 28.9 Å². The summed E-state index contributed by atoms with van der Waals surface area (Å²) in [5.74, 6) is -2.19. The molecule has 0 aromatic carbocycles. The molecule has 0 radical (unpaired) electrons. The van der Waals surface area contributed by atoms with Crippen LogP contribution in [0.2, 0.25) is 0 Å². The van der Waals surface area contributed by atoms with Crippen molar-refractivity contribution in [2.75, 3.05) is 0 Å². The highest BCUT2D eigenvalue weighted by atomic mass is 16.7. The van der Waals surface area contributed by atoms with Crippen molar-refractivity contribution in [3.63, 3.8) is 0 Å². The van der Waals surface area contributed by atoms with E-state index in [1.54, 1.807) is 0 Å². The van der Waals surface area contributed by atoms with Crippen molar-refractivity contribution in [2.24, 2.45) is 0 Å². The second kappa shape index (κ2) is 3.45. The van der Waals surface area contributed by atoms with E-state index >= 15 is 0 Å². The van der Waals surface area contributed by atoms with Crippen LogP contribution in [-0.2, 0) is 23.8 Å². The normalized spacial score (nSPS) is 29.6. The molecule has 0 aromatic heterocycles. The zero-order valence-corrected chi connectivity index (χ0v) is 10.7. The Morgan fingerprint density at radius 3 is 1.71 bits per heavy atom. The number of rotatable bonds is 0.